The zero-order valence-corrected chi connectivity index (χ0v) is 16.4. The highest BCUT2D eigenvalue weighted by atomic mass is 79.9. The van der Waals surface area contributed by atoms with Crippen molar-refractivity contribution in [2.45, 2.75) is 24.9 Å². The lowest BCUT2D eigenvalue weighted by Crippen LogP contribution is -2.28. The minimum Gasteiger partial charge on any atom is -0.207 e. The van der Waals surface area contributed by atoms with E-state index in [-0.39, 0.29) is 10.0 Å². The smallest absolute Gasteiger partial charge is 0.207 e. The van der Waals surface area contributed by atoms with E-state index in [2.05, 4.69) is 15.9 Å². The predicted molar refractivity (Wildman–Crippen MR) is 102 cm³/mol. The Bertz CT molecular complexity index is 982. The fourth-order valence-electron chi connectivity index (χ4n) is 3.29. The van der Waals surface area contributed by atoms with Crippen LogP contribution in [0.1, 0.15) is 29.2 Å². The van der Waals surface area contributed by atoms with Crippen LogP contribution in [0.15, 0.2) is 71.2 Å². The van der Waals surface area contributed by atoms with Crippen LogP contribution in [-0.4, -0.2) is 0 Å². The maximum Gasteiger partial charge on any atom is 0.416 e. The minimum atomic E-state index is -4.67. The molecule has 0 aliphatic carbocycles. The van der Waals surface area contributed by atoms with Gasteiger partial charge in [0.25, 0.3) is 0 Å². The molecule has 0 fully saturated rings. The van der Waals surface area contributed by atoms with Gasteiger partial charge in [-0.05, 0) is 69.4 Å². The summed E-state index contributed by atoms with van der Waals surface area (Å²) >= 11 is 3.13. The number of hydrogen-bond donors (Lipinski definition) is 0. The summed E-state index contributed by atoms with van der Waals surface area (Å²) in [5, 5.41) is 0. The molecular formula is C22H16BrF5. The molecule has 1 atom stereocenters. The SMILES string of the molecule is C[C@@](Cc1ccccc1)(c1cc(F)cc(C(F)(F)F)c1)c1ccc(F)c(Br)c1. The summed E-state index contributed by atoms with van der Waals surface area (Å²) < 4.78 is 67.8. The van der Waals surface area contributed by atoms with Gasteiger partial charge >= 0.3 is 6.18 Å². The average Bonchev–Trinajstić information content (AvgIpc) is 2.63. The number of rotatable bonds is 4. The van der Waals surface area contributed by atoms with Gasteiger partial charge in [0.2, 0.25) is 0 Å². The van der Waals surface area contributed by atoms with Crippen LogP contribution in [0.3, 0.4) is 0 Å². The number of benzene rings is 3. The zero-order valence-electron chi connectivity index (χ0n) is 14.8. The number of hydrogen-bond acceptors (Lipinski definition) is 0. The van der Waals surface area contributed by atoms with Gasteiger partial charge in [0.1, 0.15) is 11.6 Å². The van der Waals surface area contributed by atoms with Crippen LogP contribution in [0.5, 0.6) is 0 Å². The molecule has 0 heterocycles. The van der Waals surface area contributed by atoms with E-state index in [1.807, 2.05) is 30.3 Å². The summed E-state index contributed by atoms with van der Waals surface area (Å²) in [6.07, 6.45) is -4.36. The topological polar surface area (TPSA) is 0 Å². The van der Waals surface area contributed by atoms with Gasteiger partial charge in [0, 0.05) is 5.41 Å². The van der Waals surface area contributed by atoms with E-state index in [0.29, 0.717) is 18.1 Å². The fraction of sp³-hybridized carbons (Fsp3) is 0.182. The van der Waals surface area contributed by atoms with Crippen LogP contribution in [0.4, 0.5) is 22.0 Å². The first-order valence-electron chi connectivity index (χ1n) is 8.47. The molecule has 146 valence electrons. The van der Waals surface area contributed by atoms with Crippen LogP contribution >= 0.6 is 15.9 Å². The average molecular weight is 455 g/mol. The standard InChI is InChI=1S/C22H16BrF5/c1-21(13-14-5-3-2-4-6-14,15-7-8-20(25)19(23)12-15)16-9-17(22(26,27)28)11-18(24)10-16/h2-12H,13H2,1H3/t21-/m0/s1. The highest BCUT2D eigenvalue weighted by Crippen LogP contribution is 2.40. The molecule has 0 aliphatic heterocycles. The van der Waals surface area contributed by atoms with Gasteiger partial charge in [-0.15, -0.1) is 0 Å². The first kappa shape index (κ1) is 20.5. The largest absolute Gasteiger partial charge is 0.416 e. The Morgan fingerprint density at radius 3 is 2.04 bits per heavy atom. The van der Waals surface area contributed by atoms with Crippen molar-refractivity contribution in [3.05, 3.63) is 105 Å². The molecule has 0 amide bonds. The first-order chi connectivity index (χ1) is 13.1. The Balaban J connectivity index is 2.21. The summed E-state index contributed by atoms with van der Waals surface area (Å²) in [5.74, 6) is -1.45. The second kappa shape index (κ2) is 7.66. The molecule has 0 aromatic heterocycles. The Labute approximate surface area is 168 Å². The minimum absolute atomic E-state index is 0.169. The van der Waals surface area contributed by atoms with Gasteiger partial charge in [-0.2, -0.15) is 13.2 Å². The summed E-state index contributed by atoms with van der Waals surface area (Å²) in [7, 11) is 0. The van der Waals surface area contributed by atoms with Crippen molar-refractivity contribution >= 4 is 15.9 Å². The monoisotopic (exact) mass is 454 g/mol. The van der Waals surface area contributed by atoms with E-state index in [1.165, 1.54) is 18.2 Å². The van der Waals surface area contributed by atoms with E-state index in [1.54, 1.807) is 6.92 Å². The molecular weight excluding hydrogens is 439 g/mol. The van der Waals surface area contributed by atoms with E-state index < -0.39 is 28.8 Å². The highest BCUT2D eigenvalue weighted by Gasteiger charge is 2.36. The van der Waals surface area contributed by atoms with Crippen molar-refractivity contribution in [1.29, 1.82) is 0 Å². The van der Waals surface area contributed by atoms with Gasteiger partial charge < -0.3 is 0 Å². The normalized spacial score (nSPS) is 14.0. The molecule has 0 radical (unpaired) electrons. The molecule has 0 saturated carbocycles. The van der Waals surface area contributed by atoms with Crippen molar-refractivity contribution in [3.63, 3.8) is 0 Å². The Kier molecular flexibility index (Phi) is 5.62. The summed E-state index contributed by atoms with van der Waals surface area (Å²) in [4.78, 5) is 0. The van der Waals surface area contributed by atoms with Crippen molar-refractivity contribution in [2.24, 2.45) is 0 Å². The highest BCUT2D eigenvalue weighted by molar-refractivity contribution is 9.10. The quantitative estimate of drug-likeness (QED) is 0.363. The molecule has 3 aromatic carbocycles. The Hall–Kier alpha value is -2.21. The second-order valence-corrected chi connectivity index (χ2v) is 7.70. The number of halogens is 6. The third-order valence-electron chi connectivity index (χ3n) is 4.82. The lowest BCUT2D eigenvalue weighted by molar-refractivity contribution is -0.137. The molecule has 0 unspecified atom stereocenters. The molecule has 0 bridgehead atoms. The molecule has 0 nitrogen and oxygen atoms in total. The molecule has 6 heteroatoms. The third kappa shape index (κ3) is 4.27. The molecule has 28 heavy (non-hydrogen) atoms. The molecule has 0 aliphatic rings. The summed E-state index contributed by atoms with van der Waals surface area (Å²) in [6, 6.07) is 16.0. The lowest BCUT2D eigenvalue weighted by Gasteiger charge is -2.32. The molecule has 0 N–H and O–H groups in total. The van der Waals surface area contributed by atoms with Crippen molar-refractivity contribution in [2.75, 3.05) is 0 Å². The molecule has 0 spiro atoms. The van der Waals surface area contributed by atoms with E-state index in [0.717, 1.165) is 17.7 Å². The van der Waals surface area contributed by atoms with Crippen LogP contribution in [0.2, 0.25) is 0 Å². The zero-order chi connectivity index (χ0) is 20.5. The van der Waals surface area contributed by atoms with Gasteiger partial charge in [-0.1, -0.05) is 43.3 Å². The maximum atomic E-state index is 14.1. The van der Waals surface area contributed by atoms with Crippen molar-refractivity contribution < 1.29 is 22.0 Å². The van der Waals surface area contributed by atoms with E-state index in [9.17, 15) is 22.0 Å². The Morgan fingerprint density at radius 2 is 1.43 bits per heavy atom. The van der Waals surface area contributed by atoms with Crippen LogP contribution in [0.25, 0.3) is 0 Å². The van der Waals surface area contributed by atoms with Gasteiger partial charge in [-0.25, -0.2) is 8.78 Å². The van der Waals surface area contributed by atoms with Crippen molar-refractivity contribution in [1.82, 2.24) is 0 Å². The molecule has 0 saturated heterocycles. The summed E-state index contributed by atoms with van der Waals surface area (Å²) in [6.45, 7) is 1.73. The third-order valence-corrected chi connectivity index (χ3v) is 5.43. The lowest BCUT2D eigenvalue weighted by atomic mass is 9.71. The second-order valence-electron chi connectivity index (χ2n) is 6.85. The predicted octanol–water partition coefficient (Wildman–Crippen LogP) is 7.29. The van der Waals surface area contributed by atoms with Gasteiger partial charge in [0.05, 0.1) is 10.0 Å². The van der Waals surface area contributed by atoms with E-state index >= 15 is 0 Å². The Morgan fingerprint density at radius 1 is 0.786 bits per heavy atom. The molecule has 3 rings (SSSR count). The number of alkyl halides is 3. The molecule has 3 aromatic rings. The van der Waals surface area contributed by atoms with Gasteiger partial charge in [-0.3, -0.25) is 0 Å². The van der Waals surface area contributed by atoms with Crippen LogP contribution < -0.4 is 0 Å². The van der Waals surface area contributed by atoms with E-state index in [4.69, 9.17) is 0 Å². The first-order valence-corrected chi connectivity index (χ1v) is 9.26. The van der Waals surface area contributed by atoms with Crippen LogP contribution in [0, 0.1) is 11.6 Å². The fourth-order valence-corrected chi connectivity index (χ4v) is 3.66. The summed E-state index contributed by atoms with van der Waals surface area (Å²) in [5.41, 5.74) is -0.462. The van der Waals surface area contributed by atoms with Gasteiger partial charge in [0.15, 0.2) is 0 Å². The van der Waals surface area contributed by atoms with Crippen molar-refractivity contribution in [3.8, 4) is 0 Å². The maximum absolute atomic E-state index is 14.1. The van der Waals surface area contributed by atoms with Crippen LogP contribution in [-0.2, 0) is 18.0 Å².